The molecule has 0 aromatic heterocycles. The zero-order valence-corrected chi connectivity index (χ0v) is 19.2. The standard InChI is InChI=1S/C25H20BrFN2O4/c1-2-32-20-11-7-6-10-19(20)28-24(30)21-22(15-12-13-18(27)17(26)14-15)29(33-23(21)25(28)31)16-8-4-3-5-9-16/h3-14,21-23H,2H2,1H3/t21-,22+,23+/m0/s1. The Kier molecular flexibility index (Phi) is 5.64. The van der Waals surface area contributed by atoms with E-state index in [1.54, 1.807) is 41.5 Å². The summed E-state index contributed by atoms with van der Waals surface area (Å²) in [6.07, 6.45) is -1.01. The number of halogens is 2. The number of amides is 2. The van der Waals surface area contributed by atoms with Crippen LogP contribution in [0.3, 0.4) is 0 Å². The minimum atomic E-state index is -1.01. The van der Waals surface area contributed by atoms with Crippen molar-refractivity contribution in [3.05, 3.63) is 88.6 Å². The molecule has 0 radical (unpaired) electrons. The first-order chi connectivity index (χ1) is 16.0. The highest BCUT2D eigenvalue weighted by Crippen LogP contribution is 2.48. The Morgan fingerprint density at radius 1 is 1.00 bits per heavy atom. The summed E-state index contributed by atoms with van der Waals surface area (Å²) in [5.74, 6) is -1.63. The van der Waals surface area contributed by atoms with E-state index in [1.807, 2.05) is 37.3 Å². The summed E-state index contributed by atoms with van der Waals surface area (Å²) in [7, 11) is 0. The lowest BCUT2D eigenvalue weighted by Crippen LogP contribution is -2.37. The van der Waals surface area contributed by atoms with Gasteiger partial charge in [-0.05, 0) is 64.8 Å². The maximum atomic E-state index is 14.0. The first-order valence-electron chi connectivity index (χ1n) is 10.6. The molecule has 0 bridgehead atoms. The quantitative estimate of drug-likeness (QED) is 0.450. The number of nitrogens with zero attached hydrogens (tertiary/aromatic N) is 2. The SMILES string of the molecule is CCOc1ccccc1N1C(=O)[C@H]2[C@@H](c3ccc(F)c(Br)c3)N(c3ccccc3)O[C@H]2C1=O. The fraction of sp³-hybridized carbons (Fsp3) is 0.200. The summed E-state index contributed by atoms with van der Waals surface area (Å²) in [5.41, 5.74) is 1.73. The fourth-order valence-electron chi connectivity index (χ4n) is 4.41. The number of anilines is 2. The van der Waals surface area contributed by atoms with Crippen molar-refractivity contribution in [3.8, 4) is 5.75 Å². The highest BCUT2D eigenvalue weighted by molar-refractivity contribution is 9.10. The van der Waals surface area contributed by atoms with E-state index in [1.165, 1.54) is 6.07 Å². The van der Waals surface area contributed by atoms with Crippen LogP contribution >= 0.6 is 15.9 Å². The summed E-state index contributed by atoms with van der Waals surface area (Å²) in [4.78, 5) is 34.4. The molecule has 0 N–H and O–H groups in total. The average molecular weight is 511 g/mol. The molecule has 2 fully saturated rings. The summed E-state index contributed by atoms with van der Waals surface area (Å²) >= 11 is 3.23. The van der Waals surface area contributed by atoms with Crippen LogP contribution < -0.4 is 14.7 Å². The van der Waals surface area contributed by atoms with E-state index in [0.717, 1.165) is 4.90 Å². The molecule has 2 heterocycles. The number of hydrogen-bond donors (Lipinski definition) is 0. The van der Waals surface area contributed by atoms with E-state index < -0.39 is 29.8 Å². The lowest BCUT2D eigenvalue weighted by molar-refractivity contribution is -0.126. The van der Waals surface area contributed by atoms with Gasteiger partial charge in [-0.25, -0.2) is 14.4 Å². The Morgan fingerprint density at radius 2 is 1.73 bits per heavy atom. The molecule has 0 unspecified atom stereocenters. The first-order valence-corrected chi connectivity index (χ1v) is 11.4. The summed E-state index contributed by atoms with van der Waals surface area (Å²) in [6, 6.07) is 20.1. The van der Waals surface area contributed by atoms with Gasteiger partial charge in [-0.15, -0.1) is 0 Å². The molecular formula is C25H20BrFN2O4. The lowest BCUT2D eigenvalue weighted by atomic mass is 9.90. The number of imide groups is 1. The molecule has 0 saturated carbocycles. The second-order valence-corrected chi connectivity index (χ2v) is 8.60. The number of para-hydroxylation sites is 3. The molecule has 8 heteroatoms. The summed E-state index contributed by atoms with van der Waals surface area (Å²) in [5, 5.41) is 1.58. The number of benzene rings is 3. The summed E-state index contributed by atoms with van der Waals surface area (Å²) < 4.78 is 19.9. The zero-order chi connectivity index (χ0) is 23.1. The number of fused-ring (bicyclic) bond motifs is 1. The fourth-order valence-corrected chi connectivity index (χ4v) is 4.80. The molecule has 168 valence electrons. The monoisotopic (exact) mass is 510 g/mol. The molecule has 3 aromatic rings. The third-order valence-electron chi connectivity index (χ3n) is 5.82. The zero-order valence-electron chi connectivity index (χ0n) is 17.7. The van der Waals surface area contributed by atoms with Crippen molar-refractivity contribution in [3.63, 3.8) is 0 Å². The average Bonchev–Trinajstić information content (AvgIpc) is 3.33. The van der Waals surface area contributed by atoms with Crippen molar-refractivity contribution in [1.29, 1.82) is 0 Å². The molecule has 2 saturated heterocycles. The molecule has 0 aliphatic carbocycles. The Morgan fingerprint density at radius 3 is 2.45 bits per heavy atom. The molecule has 2 aliphatic heterocycles. The highest BCUT2D eigenvalue weighted by atomic mass is 79.9. The van der Waals surface area contributed by atoms with E-state index in [4.69, 9.17) is 9.57 Å². The van der Waals surface area contributed by atoms with Crippen molar-refractivity contribution >= 4 is 39.1 Å². The molecule has 6 nitrogen and oxygen atoms in total. The number of carbonyl (C=O) groups is 2. The molecular weight excluding hydrogens is 491 g/mol. The molecule has 0 spiro atoms. The second kappa shape index (κ2) is 8.61. The van der Waals surface area contributed by atoms with E-state index in [-0.39, 0.29) is 10.4 Å². The van der Waals surface area contributed by atoms with Crippen LogP contribution in [0.4, 0.5) is 15.8 Å². The Balaban J connectivity index is 1.60. The van der Waals surface area contributed by atoms with Crippen LogP contribution in [0.25, 0.3) is 0 Å². The molecule has 3 atom stereocenters. The van der Waals surface area contributed by atoms with Gasteiger partial charge >= 0.3 is 0 Å². The maximum Gasteiger partial charge on any atom is 0.266 e. The van der Waals surface area contributed by atoms with Crippen LogP contribution in [0, 0.1) is 11.7 Å². The van der Waals surface area contributed by atoms with Gasteiger partial charge in [0.1, 0.15) is 17.5 Å². The molecule has 2 amide bonds. The van der Waals surface area contributed by atoms with E-state index in [2.05, 4.69) is 15.9 Å². The van der Waals surface area contributed by atoms with Gasteiger partial charge in [0.2, 0.25) is 5.91 Å². The van der Waals surface area contributed by atoms with Crippen molar-refractivity contribution in [1.82, 2.24) is 0 Å². The predicted octanol–water partition coefficient (Wildman–Crippen LogP) is 5.04. The van der Waals surface area contributed by atoms with Gasteiger partial charge in [0.05, 0.1) is 28.5 Å². The van der Waals surface area contributed by atoms with Crippen LogP contribution in [0.5, 0.6) is 5.75 Å². The smallest absolute Gasteiger partial charge is 0.266 e. The molecule has 5 rings (SSSR count). The van der Waals surface area contributed by atoms with Gasteiger partial charge in [0.15, 0.2) is 6.10 Å². The van der Waals surface area contributed by atoms with Crippen molar-refractivity contribution in [2.24, 2.45) is 5.92 Å². The van der Waals surface area contributed by atoms with Gasteiger partial charge in [-0.2, -0.15) is 0 Å². The number of hydrogen-bond acceptors (Lipinski definition) is 5. The van der Waals surface area contributed by atoms with Crippen molar-refractivity contribution in [2.45, 2.75) is 19.1 Å². The van der Waals surface area contributed by atoms with Gasteiger partial charge < -0.3 is 4.74 Å². The van der Waals surface area contributed by atoms with E-state index in [0.29, 0.717) is 29.3 Å². The topological polar surface area (TPSA) is 59.1 Å². The minimum absolute atomic E-state index is 0.270. The third-order valence-corrected chi connectivity index (χ3v) is 6.42. The number of ether oxygens (including phenoxy) is 1. The van der Waals surface area contributed by atoms with Crippen LogP contribution in [0.1, 0.15) is 18.5 Å². The first kappa shape index (κ1) is 21.6. The van der Waals surface area contributed by atoms with Gasteiger partial charge in [-0.1, -0.05) is 36.4 Å². The second-order valence-electron chi connectivity index (χ2n) is 7.74. The van der Waals surface area contributed by atoms with E-state index in [9.17, 15) is 14.0 Å². The Labute approximate surface area is 198 Å². The molecule has 3 aromatic carbocycles. The van der Waals surface area contributed by atoms with E-state index >= 15 is 0 Å². The number of rotatable bonds is 5. The summed E-state index contributed by atoms with van der Waals surface area (Å²) in [6.45, 7) is 2.23. The number of hydroxylamine groups is 1. The lowest BCUT2D eigenvalue weighted by Gasteiger charge is -2.29. The Hall–Kier alpha value is -3.23. The normalized spacial score (nSPS) is 22.1. The largest absolute Gasteiger partial charge is 0.492 e. The molecule has 2 aliphatic rings. The van der Waals surface area contributed by atoms with Gasteiger partial charge in [0.25, 0.3) is 5.91 Å². The number of carbonyl (C=O) groups excluding carboxylic acids is 2. The van der Waals surface area contributed by atoms with Gasteiger partial charge in [0, 0.05) is 0 Å². The minimum Gasteiger partial charge on any atom is -0.492 e. The maximum absolute atomic E-state index is 14.0. The Bertz CT molecular complexity index is 1220. The van der Waals surface area contributed by atoms with Gasteiger partial charge in [-0.3, -0.25) is 14.4 Å². The van der Waals surface area contributed by atoms with Crippen molar-refractivity contribution in [2.75, 3.05) is 16.6 Å². The predicted molar refractivity (Wildman–Crippen MR) is 124 cm³/mol. The van der Waals surface area contributed by atoms with Crippen LogP contribution in [0.15, 0.2) is 77.3 Å². The van der Waals surface area contributed by atoms with Crippen LogP contribution in [0.2, 0.25) is 0 Å². The molecule has 33 heavy (non-hydrogen) atoms. The van der Waals surface area contributed by atoms with Crippen LogP contribution in [-0.4, -0.2) is 24.5 Å². The highest BCUT2D eigenvalue weighted by Gasteiger charge is 2.60. The third kappa shape index (κ3) is 3.59. The van der Waals surface area contributed by atoms with Crippen LogP contribution in [-0.2, 0) is 14.4 Å². The van der Waals surface area contributed by atoms with Crippen molar-refractivity contribution < 1.29 is 23.6 Å².